The molecular weight excluding hydrogens is 482 g/mol. The fourth-order valence-corrected chi connectivity index (χ4v) is 2.81. The van der Waals surface area contributed by atoms with E-state index in [9.17, 15) is 9.59 Å². The third-order valence-electron chi connectivity index (χ3n) is 4.63. The lowest BCUT2D eigenvalue weighted by atomic mass is 10.1. The van der Waals surface area contributed by atoms with Crippen LogP contribution in [0.5, 0.6) is 17.2 Å². The van der Waals surface area contributed by atoms with Crippen LogP contribution >= 0.6 is 0 Å². The summed E-state index contributed by atoms with van der Waals surface area (Å²) in [5.41, 5.74) is 17.1. The number of aldehydes is 1. The SMILES string of the molecule is CCC(C=O)NC(=O)c1cc(OC/C(=C/NC)N=N)c(OC/C(N)=C/NC)c(OC/C(=C/NC)NN)c1. The first-order valence-corrected chi connectivity index (χ1v) is 11.4. The second-order valence-electron chi connectivity index (χ2n) is 7.44. The Bertz CT molecular complexity index is 995. The van der Waals surface area contributed by atoms with Crippen LogP contribution in [-0.4, -0.2) is 59.2 Å². The van der Waals surface area contributed by atoms with Crippen molar-refractivity contribution in [2.75, 3.05) is 41.0 Å². The number of hydrogen-bond donors (Lipinski definition) is 8. The lowest BCUT2D eigenvalue weighted by molar-refractivity contribution is -0.109. The average molecular weight is 520 g/mol. The molecule has 204 valence electrons. The fourth-order valence-electron chi connectivity index (χ4n) is 2.81. The molecule has 0 aliphatic carbocycles. The molecule has 0 aliphatic rings. The number of benzene rings is 1. The highest BCUT2D eigenvalue weighted by atomic mass is 16.5. The molecule has 0 saturated heterocycles. The molecule has 1 amide bonds. The second-order valence-corrected chi connectivity index (χ2v) is 7.44. The monoisotopic (exact) mass is 519 g/mol. The normalized spacial score (nSPS) is 12.6. The van der Waals surface area contributed by atoms with Gasteiger partial charge in [-0.2, -0.15) is 5.11 Å². The van der Waals surface area contributed by atoms with Crippen molar-refractivity contribution in [2.45, 2.75) is 19.4 Å². The minimum Gasteiger partial charge on any atom is -0.483 e. The predicted molar refractivity (Wildman–Crippen MR) is 139 cm³/mol. The summed E-state index contributed by atoms with van der Waals surface area (Å²) in [4.78, 5) is 24.2. The maximum Gasteiger partial charge on any atom is 0.252 e. The Hall–Kier alpha value is -4.46. The molecule has 0 spiro atoms. The second kappa shape index (κ2) is 17.0. The van der Waals surface area contributed by atoms with Crippen LogP contribution in [0.3, 0.4) is 0 Å². The van der Waals surface area contributed by atoms with Gasteiger partial charge in [0.1, 0.15) is 31.8 Å². The van der Waals surface area contributed by atoms with Gasteiger partial charge in [0.15, 0.2) is 11.5 Å². The van der Waals surface area contributed by atoms with Crippen molar-refractivity contribution in [1.29, 1.82) is 5.53 Å². The average Bonchev–Trinajstić information content (AvgIpc) is 2.90. The minimum atomic E-state index is -0.664. The highest BCUT2D eigenvalue weighted by Crippen LogP contribution is 2.39. The molecule has 0 bridgehead atoms. The number of nitrogens with zero attached hydrogens (tertiary/aromatic N) is 1. The molecule has 1 rings (SSSR count). The molecule has 0 radical (unpaired) electrons. The van der Waals surface area contributed by atoms with E-state index in [0.717, 1.165) is 0 Å². The van der Waals surface area contributed by atoms with Crippen molar-refractivity contribution >= 4 is 12.2 Å². The van der Waals surface area contributed by atoms with Gasteiger partial charge in [0.2, 0.25) is 5.75 Å². The largest absolute Gasteiger partial charge is 0.483 e. The van der Waals surface area contributed by atoms with Gasteiger partial charge in [-0.1, -0.05) is 6.92 Å². The van der Waals surface area contributed by atoms with E-state index in [1.54, 1.807) is 40.5 Å². The van der Waals surface area contributed by atoms with Crippen molar-refractivity contribution in [3.63, 3.8) is 0 Å². The van der Waals surface area contributed by atoms with Crippen LogP contribution in [0.1, 0.15) is 23.7 Å². The number of carbonyl (C=O) groups is 2. The summed E-state index contributed by atoms with van der Waals surface area (Å²) in [6.45, 7) is 1.61. The summed E-state index contributed by atoms with van der Waals surface area (Å²) < 4.78 is 17.7. The minimum absolute atomic E-state index is 0.0149. The van der Waals surface area contributed by atoms with E-state index in [4.69, 9.17) is 31.3 Å². The molecule has 14 heteroatoms. The lowest BCUT2D eigenvalue weighted by Gasteiger charge is -2.20. The Balaban J connectivity index is 3.57. The van der Waals surface area contributed by atoms with Crippen molar-refractivity contribution in [3.8, 4) is 17.2 Å². The Morgan fingerprint density at radius 2 is 1.65 bits per heavy atom. The first kappa shape index (κ1) is 30.6. The summed E-state index contributed by atoms with van der Waals surface area (Å²) >= 11 is 0. The number of ether oxygens (including phenoxy) is 3. The predicted octanol–water partition coefficient (Wildman–Crippen LogP) is 0.166. The molecule has 0 fully saturated rings. The zero-order valence-electron chi connectivity index (χ0n) is 21.5. The maximum atomic E-state index is 13.0. The molecule has 1 atom stereocenters. The van der Waals surface area contributed by atoms with Gasteiger partial charge in [0.05, 0.1) is 17.4 Å². The highest BCUT2D eigenvalue weighted by Gasteiger charge is 2.21. The number of hydrazine groups is 1. The summed E-state index contributed by atoms with van der Waals surface area (Å²) in [6, 6.07) is 2.24. The van der Waals surface area contributed by atoms with Crippen LogP contribution < -0.4 is 52.5 Å². The van der Waals surface area contributed by atoms with Crippen LogP contribution in [0.25, 0.3) is 0 Å². The van der Waals surface area contributed by atoms with Crippen molar-refractivity contribution < 1.29 is 23.8 Å². The molecule has 0 heterocycles. The molecular formula is C23H37N9O5. The van der Waals surface area contributed by atoms with Gasteiger partial charge in [-0.25, -0.2) is 5.53 Å². The quantitative estimate of drug-likeness (QED) is 0.0567. The van der Waals surface area contributed by atoms with Crippen molar-refractivity contribution in [3.05, 3.63) is 53.4 Å². The van der Waals surface area contributed by atoms with Crippen LogP contribution in [0, 0.1) is 5.53 Å². The summed E-state index contributed by atoms with van der Waals surface area (Å²) in [5.74, 6) is 5.46. The molecule has 0 aromatic heterocycles. The van der Waals surface area contributed by atoms with E-state index < -0.39 is 11.9 Å². The van der Waals surface area contributed by atoms with E-state index in [1.807, 2.05) is 0 Å². The number of nitrogens with two attached hydrogens (primary N) is 2. The number of carbonyl (C=O) groups excluding carboxylic acids is 2. The van der Waals surface area contributed by atoms with E-state index in [1.165, 1.54) is 18.3 Å². The van der Waals surface area contributed by atoms with E-state index in [-0.39, 0.29) is 48.3 Å². The van der Waals surface area contributed by atoms with Gasteiger partial charge in [0, 0.05) is 45.3 Å². The Morgan fingerprint density at radius 3 is 2.16 bits per heavy atom. The van der Waals surface area contributed by atoms with Gasteiger partial charge >= 0.3 is 0 Å². The van der Waals surface area contributed by atoms with Crippen molar-refractivity contribution in [2.24, 2.45) is 16.7 Å². The molecule has 0 aliphatic heterocycles. The molecule has 37 heavy (non-hydrogen) atoms. The molecule has 1 unspecified atom stereocenters. The number of rotatable bonds is 18. The molecule has 0 saturated carbocycles. The molecule has 14 nitrogen and oxygen atoms in total. The van der Waals surface area contributed by atoms with Crippen LogP contribution in [0.15, 0.2) is 52.9 Å². The van der Waals surface area contributed by atoms with Gasteiger partial charge in [-0.15, -0.1) is 0 Å². The van der Waals surface area contributed by atoms with E-state index in [0.29, 0.717) is 24.1 Å². The molecule has 1 aromatic carbocycles. The summed E-state index contributed by atoms with van der Waals surface area (Å²) in [6.07, 6.45) is 5.73. The van der Waals surface area contributed by atoms with Crippen LogP contribution in [-0.2, 0) is 4.79 Å². The Morgan fingerprint density at radius 1 is 1.03 bits per heavy atom. The maximum absolute atomic E-state index is 13.0. The van der Waals surface area contributed by atoms with Gasteiger partial charge in [0.25, 0.3) is 5.91 Å². The Kier molecular flexibility index (Phi) is 14.1. The highest BCUT2D eigenvalue weighted by molar-refractivity contribution is 5.97. The van der Waals surface area contributed by atoms with E-state index in [2.05, 4.69) is 31.8 Å². The summed E-state index contributed by atoms with van der Waals surface area (Å²) in [5, 5.41) is 14.5. The standard InChI is InChI=1S/C23H37N9O5/c1-5-17(11-33)30-23(34)15-6-20(35-13-18(31-25)9-28-3)22(37-12-16(24)8-27-2)21(7-15)36-14-19(32-26)10-29-4/h6-11,17,25,27-29,32H,5,12-14,24,26H2,1-4H3,(H,30,34)/b16-8-,18-9-,19-10-,31-25?. The third-order valence-corrected chi connectivity index (χ3v) is 4.63. The number of hydrogen-bond acceptors (Lipinski definition) is 13. The fraction of sp³-hybridized carbons (Fsp3) is 0.391. The first-order valence-electron chi connectivity index (χ1n) is 11.4. The lowest BCUT2D eigenvalue weighted by Crippen LogP contribution is -2.35. The summed E-state index contributed by atoms with van der Waals surface area (Å²) in [7, 11) is 5.05. The van der Waals surface area contributed by atoms with Gasteiger partial charge < -0.3 is 51.4 Å². The van der Waals surface area contributed by atoms with Crippen LogP contribution in [0.2, 0.25) is 0 Å². The van der Waals surface area contributed by atoms with Crippen LogP contribution in [0.4, 0.5) is 0 Å². The van der Waals surface area contributed by atoms with Gasteiger partial charge in [-0.05, 0) is 18.6 Å². The third kappa shape index (κ3) is 10.4. The van der Waals surface area contributed by atoms with Gasteiger partial charge in [-0.3, -0.25) is 10.6 Å². The Labute approximate surface area is 216 Å². The molecule has 10 N–H and O–H groups in total. The smallest absolute Gasteiger partial charge is 0.252 e. The topological polar surface area (TPSA) is 210 Å². The first-order chi connectivity index (χ1) is 17.9. The number of amides is 1. The zero-order valence-corrected chi connectivity index (χ0v) is 21.5. The zero-order chi connectivity index (χ0) is 27.6. The van der Waals surface area contributed by atoms with E-state index >= 15 is 0 Å². The van der Waals surface area contributed by atoms with Crippen molar-refractivity contribution in [1.82, 2.24) is 26.7 Å². The number of nitrogens with one attached hydrogen (secondary N) is 6. The molecule has 1 aromatic rings.